The first-order chi connectivity index (χ1) is 26.4. The lowest BCUT2D eigenvalue weighted by molar-refractivity contribution is -0.137. The van der Waals surface area contributed by atoms with Gasteiger partial charge in [0.1, 0.15) is 11.5 Å². The number of alkyl halides is 3. The Balaban J connectivity index is 0.000000216. The average Bonchev–Trinajstić information content (AvgIpc) is 3.17. The third-order valence-corrected chi connectivity index (χ3v) is 8.39. The van der Waals surface area contributed by atoms with Crippen molar-refractivity contribution in [3.63, 3.8) is 0 Å². The zero-order valence-corrected chi connectivity index (χ0v) is 28.8. The van der Waals surface area contributed by atoms with Gasteiger partial charge in [0.2, 0.25) is 0 Å². The van der Waals surface area contributed by atoms with Gasteiger partial charge in [-0.1, -0.05) is 52.2 Å². The van der Waals surface area contributed by atoms with E-state index in [1.165, 1.54) is 48.5 Å². The van der Waals surface area contributed by atoms with Gasteiger partial charge in [-0.15, -0.1) is 0 Å². The number of nitrogens with zero attached hydrogens (tertiary/aromatic N) is 2. The lowest BCUT2D eigenvalue weighted by Crippen LogP contribution is -2.17. The van der Waals surface area contributed by atoms with Crippen molar-refractivity contribution in [2.24, 2.45) is 21.8 Å². The van der Waals surface area contributed by atoms with E-state index in [0.29, 0.717) is 51.5 Å². The molecule has 6 aromatic rings. The summed E-state index contributed by atoms with van der Waals surface area (Å²) in [5.41, 5.74) is 11.2. The van der Waals surface area contributed by atoms with Gasteiger partial charge in [0.25, 0.3) is 0 Å². The van der Waals surface area contributed by atoms with Gasteiger partial charge < -0.3 is 32.1 Å². The molecule has 288 valence electrons. The van der Waals surface area contributed by atoms with Crippen LogP contribution in [0.5, 0.6) is 11.5 Å². The highest BCUT2D eigenvalue weighted by Crippen LogP contribution is 2.42. The van der Waals surface area contributed by atoms with Crippen LogP contribution in [0.25, 0.3) is 44.5 Å². The number of phenolic OH excluding ortho intramolecular Hbond substituents is 2. The molecule has 0 aliphatic rings. The molecule has 0 aliphatic heterocycles. The predicted molar refractivity (Wildman–Crippen MR) is 193 cm³/mol. The summed E-state index contributed by atoms with van der Waals surface area (Å²) in [4.78, 5) is 0. The maximum Gasteiger partial charge on any atom is 0.416 e. The summed E-state index contributed by atoms with van der Waals surface area (Å²) in [6.45, 7) is 0. The van der Waals surface area contributed by atoms with Crippen molar-refractivity contribution in [1.82, 2.24) is 0 Å². The summed E-state index contributed by atoms with van der Waals surface area (Å²) in [5.74, 6) is -8.03. The topological polar surface area (TPSA) is 158 Å². The van der Waals surface area contributed by atoms with E-state index < -0.39 is 52.2 Å². The summed E-state index contributed by atoms with van der Waals surface area (Å²) in [6, 6.07) is 20.1. The number of halogens is 9. The Labute approximate surface area is 316 Å². The summed E-state index contributed by atoms with van der Waals surface area (Å²) in [6.07, 6.45) is -4.84. The number of oxime groups is 2. The number of benzene rings is 6. The van der Waals surface area contributed by atoms with Crippen molar-refractivity contribution in [3.8, 4) is 56.0 Å². The predicted octanol–water partition coefficient (Wildman–Crippen LogP) is 10.0. The first-order valence-corrected chi connectivity index (χ1v) is 16.0. The molecule has 0 saturated heterocycles. The monoisotopic (exact) mass is 800 g/mol. The second kappa shape index (κ2) is 16.3. The van der Waals surface area contributed by atoms with E-state index in [-0.39, 0.29) is 45.2 Å². The maximum atomic E-state index is 13.9. The van der Waals surface area contributed by atoms with Crippen LogP contribution >= 0.6 is 11.6 Å². The minimum atomic E-state index is -4.84. The normalized spacial score (nSPS) is 11.9. The number of phenols is 2. The molecule has 0 fully saturated rings. The fourth-order valence-electron chi connectivity index (χ4n) is 5.64. The minimum absolute atomic E-state index is 0.0711. The molecular formula is C39H25ClF8N4O4. The standard InChI is InChI=1S/C20H12F6N2O2.C19H13ClF2N2O2/c21-15-5-10(6-16(22)18(15)23)17-13(9-1-3-12(29)4-2-9)7-11(20(24,25)26)8-14(17)19(27)28-30;20-12-8-14(10-1-4-13(25)5-2-10)18(15(9-12)19(23)24-26)11-3-6-16(21)17(22)7-11/h1-8,29-30H,(H2,27,28);1-9,25-26H,(H2,23,24). The number of rotatable bonds is 6. The molecule has 6 rings (SSSR count). The van der Waals surface area contributed by atoms with Crippen molar-refractivity contribution >= 4 is 23.3 Å². The Morgan fingerprint density at radius 3 is 1.41 bits per heavy atom. The third kappa shape index (κ3) is 8.60. The molecule has 0 radical (unpaired) electrons. The molecule has 0 saturated carbocycles. The summed E-state index contributed by atoms with van der Waals surface area (Å²) < 4.78 is 109. The lowest BCUT2D eigenvalue weighted by atomic mass is 9.87. The van der Waals surface area contributed by atoms with Crippen LogP contribution in [-0.2, 0) is 6.18 Å². The maximum absolute atomic E-state index is 13.9. The van der Waals surface area contributed by atoms with E-state index in [2.05, 4.69) is 10.3 Å². The van der Waals surface area contributed by atoms with Crippen LogP contribution in [0.3, 0.4) is 0 Å². The van der Waals surface area contributed by atoms with Gasteiger partial charge in [0.15, 0.2) is 40.8 Å². The van der Waals surface area contributed by atoms with Crippen LogP contribution in [-0.4, -0.2) is 32.3 Å². The van der Waals surface area contributed by atoms with Gasteiger partial charge in [0.05, 0.1) is 5.56 Å². The molecule has 0 amide bonds. The van der Waals surface area contributed by atoms with E-state index in [1.54, 1.807) is 18.2 Å². The molecule has 8 nitrogen and oxygen atoms in total. The molecule has 0 heterocycles. The van der Waals surface area contributed by atoms with Crippen LogP contribution in [0.1, 0.15) is 16.7 Å². The molecule has 0 aliphatic carbocycles. The Morgan fingerprint density at radius 2 is 0.946 bits per heavy atom. The molecule has 6 aromatic carbocycles. The molecule has 56 heavy (non-hydrogen) atoms. The third-order valence-electron chi connectivity index (χ3n) is 8.17. The molecule has 8 N–H and O–H groups in total. The van der Waals surface area contributed by atoms with Gasteiger partial charge >= 0.3 is 6.18 Å². The van der Waals surface area contributed by atoms with Gasteiger partial charge in [-0.2, -0.15) is 13.2 Å². The second-order valence-corrected chi connectivity index (χ2v) is 12.2. The number of hydrogen-bond acceptors (Lipinski definition) is 6. The Kier molecular flexibility index (Phi) is 11.7. The van der Waals surface area contributed by atoms with Crippen molar-refractivity contribution in [2.45, 2.75) is 6.18 Å². The minimum Gasteiger partial charge on any atom is -0.508 e. The van der Waals surface area contributed by atoms with Crippen molar-refractivity contribution in [1.29, 1.82) is 0 Å². The van der Waals surface area contributed by atoms with E-state index >= 15 is 0 Å². The fraction of sp³-hybridized carbons (Fsp3) is 0.0256. The zero-order valence-electron chi connectivity index (χ0n) is 28.1. The van der Waals surface area contributed by atoms with Gasteiger partial charge in [-0.05, 0) is 106 Å². The second-order valence-electron chi connectivity index (χ2n) is 11.8. The highest BCUT2D eigenvalue weighted by Gasteiger charge is 2.33. The number of nitrogens with two attached hydrogens (primary N) is 2. The Hall–Kier alpha value is -6.81. The van der Waals surface area contributed by atoms with Crippen LogP contribution in [0.2, 0.25) is 5.02 Å². The van der Waals surface area contributed by atoms with Crippen LogP contribution in [0.15, 0.2) is 113 Å². The summed E-state index contributed by atoms with van der Waals surface area (Å²) >= 11 is 6.17. The van der Waals surface area contributed by atoms with E-state index in [1.807, 2.05) is 0 Å². The number of aromatic hydroxyl groups is 2. The van der Waals surface area contributed by atoms with Gasteiger partial charge in [-0.3, -0.25) is 0 Å². The highest BCUT2D eigenvalue weighted by molar-refractivity contribution is 6.31. The summed E-state index contributed by atoms with van der Waals surface area (Å²) in [7, 11) is 0. The van der Waals surface area contributed by atoms with Gasteiger partial charge in [-0.25, -0.2) is 22.0 Å². The smallest absolute Gasteiger partial charge is 0.416 e. The molecule has 0 unspecified atom stereocenters. The number of hydrogen-bond donors (Lipinski definition) is 6. The molecule has 0 atom stereocenters. The van der Waals surface area contributed by atoms with Crippen molar-refractivity contribution in [3.05, 3.63) is 154 Å². The Bertz CT molecular complexity index is 2470. The number of amidine groups is 2. The van der Waals surface area contributed by atoms with Crippen LogP contribution in [0.4, 0.5) is 35.1 Å². The van der Waals surface area contributed by atoms with Crippen LogP contribution < -0.4 is 11.5 Å². The first kappa shape index (κ1) is 40.4. The first-order valence-electron chi connectivity index (χ1n) is 15.7. The molecule has 17 heteroatoms. The average molecular weight is 801 g/mol. The van der Waals surface area contributed by atoms with E-state index in [4.69, 9.17) is 33.5 Å². The van der Waals surface area contributed by atoms with Crippen molar-refractivity contribution < 1.29 is 55.8 Å². The quantitative estimate of drug-likeness (QED) is 0.0246. The van der Waals surface area contributed by atoms with E-state index in [9.17, 15) is 45.3 Å². The highest BCUT2D eigenvalue weighted by atomic mass is 35.5. The summed E-state index contributed by atoms with van der Waals surface area (Å²) in [5, 5.41) is 43.1. The molecule has 0 bridgehead atoms. The van der Waals surface area contributed by atoms with Crippen molar-refractivity contribution in [2.75, 3.05) is 0 Å². The van der Waals surface area contributed by atoms with Gasteiger partial charge in [0, 0.05) is 27.3 Å². The lowest BCUT2D eigenvalue weighted by Gasteiger charge is -2.19. The molecular weight excluding hydrogens is 776 g/mol. The molecule has 0 aromatic heterocycles. The largest absolute Gasteiger partial charge is 0.508 e. The SMILES string of the molecule is NC(=NO)c1cc(C(F)(F)F)cc(-c2ccc(O)cc2)c1-c1cc(F)c(F)c(F)c1.NC(=NO)c1cc(Cl)cc(-c2ccc(O)cc2)c1-c1ccc(F)c(F)c1. The fourth-order valence-corrected chi connectivity index (χ4v) is 5.85. The van der Waals surface area contributed by atoms with E-state index in [0.717, 1.165) is 12.1 Å². The van der Waals surface area contributed by atoms with Crippen LogP contribution in [0, 0.1) is 29.1 Å². The molecule has 0 spiro atoms. The Morgan fingerprint density at radius 1 is 0.518 bits per heavy atom. The zero-order chi connectivity index (χ0) is 41.1.